The molecule has 0 radical (unpaired) electrons. The van der Waals surface area contributed by atoms with E-state index < -0.39 is 18.6 Å². The second kappa shape index (κ2) is 8.09. The Morgan fingerprint density at radius 3 is 2.58 bits per heavy atom. The molecule has 1 aromatic rings. The molecule has 8 nitrogen and oxygen atoms in total. The zero-order valence-corrected chi connectivity index (χ0v) is 14.7. The minimum Gasteiger partial charge on any atom is -0.335 e. The molecule has 1 aliphatic heterocycles. The highest BCUT2D eigenvalue weighted by atomic mass is 19.3. The van der Waals surface area contributed by atoms with E-state index in [2.05, 4.69) is 15.6 Å². The van der Waals surface area contributed by atoms with E-state index in [4.69, 9.17) is 0 Å². The molecule has 2 heterocycles. The lowest BCUT2D eigenvalue weighted by Crippen LogP contribution is -2.55. The van der Waals surface area contributed by atoms with E-state index in [-0.39, 0.29) is 11.9 Å². The minimum atomic E-state index is -2.60. The molecule has 1 aromatic heterocycles. The first-order valence-corrected chi connectivity index (χ1v) is 8.81. The van der Waals surface area contributed by atoms with Crippen molar-refractivity contribution in [2.45, 2.75) is 44.9 Å². The predicted octanol–water partition coefficient (Wildman–Crippen LogP) is 0.772. The molecule has 1 saturated carbocycles. The van der Waals surface area contributed by atoms with Gasteiger partial charge in [-0.1, -0.05) is 0 Å². The van der Waals surface area contributed by atoms with Crippen molar-refractivity contribution in [3.8, 4) is 0 Å². The number of piperazine rings is 1. The predicted molar refractivity (Wildman–Crippen MR) is 89.5 cm³/mol. The summed E-state index contributed by atoms with van der Waals surface area (Å²) in [4.78, 5) is 31.9. The molecule has 0 spiro atoms. The average molecular weight is 370 g/mol. The van der Waals surface area contributed by atoms with E-state index >= 15 is 0 Å². The number of hydrogen-bond donors (Lipinski definition) is 2. The van der Waals surface area contributed by atoms with Crippen LogP contribution in [-0.2, 0) is 11.3 Å². The molecule has 2 aliphatic rings. The number of nitrogens with one attached hydrogen (secondary N) is 2. The van der Waals surface area contributed by atoms with Crippen LogP contribution in [0.5, 0.6) is 0 Å². The number of alkyl halides is 2. The van der Waals surface area contributed by atoms with Gasteiger partial charge in [0, 0.05) is 44.6 Å². The summed E-state index contributed by atoms with van der Waals surface area (Å²) in [6.45, 7) is 2.03. The second-order valence-corrected chi connectivity index (χ2v) is 6.75. The van der Waals surface area contributed by atoms with Gasteiger partial charge in [0.2, 0.25) is 5.91 Å². The maximum absolute atomic E-state index is 12.9. The fourth-order valence-electron chi connectivity index (χ4n) is 2.98. The van der Waals surface area contributed by atoms with Crippen LogP contribution in [0.4, 0.5) is 13.6 Å². The van der Waals surface area contributed by atoms with Crippen molar-refractivity contribution in [3.05, 3.63) is 18.2 Å². The molecular weight excluding hydrogens is 346 g/mol. The fourth-order valence-corrected chi connectivity index (χ4v) is 2.98. The van der Waals surface area contributed by atoms with Crippen molar-refractivity contribution in [2.75, 3.05) is 26.2 Å². The van der Waals surface area contributed by atoms with E-state index in [0.717, 1.165) is 17.4 Å². The van der Waals surface area contributed by atoms with Crippen molar-refractivity contribution in [3.63, 3.8) is 0 Å². The van der Waals surface area contributed by atoms with Gasteiger partial charge in [0.15, 0.2) is 0 Å². The molecule has 2 fully saturated rings. The third kappa shape index (κ3) is 4.76. The molecule has 0 bridgehead atoms. The number of carbonyl (C=O) groups excluding carboxylic acids is 2. The summed E-state index contributed by atoms with van der Waals surface area (Å²) in [5.41, 5.74) is 0. The van der Waals surface area contributed by atoms with Crippen molar-refractivity contribution >= 4 is 11.9 Å². The summed E-state index contributed by atoms with van der Waals surface area (Å²) in [6, 6.07) is -0.672. The van der Waals surface area contributed by atoms with Gasteiger partial charge in [0.05, 0.1) is 12.6 Å². The lowest BCUT2D eigenvalue weighted by Gasteiger charge is -2.37. The third-order valence-corrected chi connectivity index (χ3v) is 4.81. The lowest BCUT2D eigenvalue weighted by atomic mass is 10.2. The van der Waals surface area contributed by atoms with E-state index in [1.165, 1.54) is 12.4 Å². The van der Waals surface area contributed by atoms with Gasteiger partial charge < -0.3 is 5.32 Å². The summed E-state index contributed by atoms with van der Waals surface area (Å²) in [6.07, 6.45) is 4.57. The van der Waals surface area contributed by atoms with Gasteiger partial charge in [-0.3, -0.25) is 24.5 Å². The van der Waals surface area contributed by atoms with Crippen LogP contribution in [0, 0.1) is 0 Å². The number of carbonyl (C=O) groups is 2. The summed E-state index contributed by atoms with van der Waals surface area (Å²) < 4.78 is 26.6. The van der Waals surface area contributed by atoms with Crippen LogP contribution in [0.25, 0.3) is 0 Å². The maximum Gasteiger partial charge on any atom is 0.321 e. The standard InChI is InChI=1S/C16H24F2N6O2/c1-11(14(25)21-16(26)20-12-2-3-12)23-8-6-22(7-9-23)10-13-19-4-5-24(13)15(17)18/h4-5,11-12,15H,2-3,6-10H2,1H3,(H2,20,21,25,26). The zero-order chi connectivity index (χ0) is 18.7. The maximum atomic E-state index is 12.9. The highest BCUT2D eigenvalue weighted by molar-refractivity contribution is 5.97. The smallest absolute Gasteiger partial charge is 0.321 e. The Balaban J connectivity index is 1.44. The summed E-state index contributed by atoms with van der Waals surface area (Å²) >= 11 is 0. The summed E-state index contributed by atoms with van der Waals surface area (Å²) in [5.74, 6) is 0.000770. The molecule has 3 amide bonds. The molecule has 2 N–H and O–H groups in total. The largest absolute Gasteiger partial charge is 0.335 e. The average Bonchev–Trinajstić information content (AvgIpc) is 3.29. The summed E-state index contributed by atoms with van der Waals surface area (Å²) in [5, 5.41) is 5.10. The van der Waals surface area contributed by atoms with Gasteiger partial charge in [-0.05, 0) is 19.8 Å². The van der Waals surface area contributed by atoms with Crippen LogP contribution in [0.1, 0.15) is 32.1 Å². The van der Waals surface area contributed by atoms with Gasteiger partial charge in [0.25, 0.3) is 0 Å². The number of nitrogens with zero attached hydrogens (tertiary/aromatic N) is 4. The number of rotatable bonds is 6. The van der Waals surface area contributed by atoms with Crippen LogP contribution in [0.2, 0.25) is 0 Å². The monoisotopic (exact) mass is 370 g/mol. The molecule has 26 heavy (non-hydrogen) atoms. The Bertz CT molecular complexity index is 640. The Hall–Kier alpha value is -2.07. The lowest BCUT2D eigenvalue weighted by molar-refractivity contribution is -0.125. The molecule has 1 unspecified atom stereocenters. The number of urea groups is 1. The number of imidazole rings is 1. The molecule has 1 atom stereocenters. The van der Waals surface area contributed by atoms with Gasteiger partial charge in [0.1, 0.15) is 5.82 Å². The van der Waals surface area contributed by atoms with Crippen molar-refractivity contribution in [2.24, 2.45) is 0 Å². The normalized spacial score (nSPS) is 20.2. The van der Waals surface area contributed by atoms with Crippen molar-refractivity contribution in [1.82, 2.24) is 30.0 Å². The molecule has 10 heteroatoms. The molecule has 144 valence electrons. The number of hydrogen-bond acceptors (Lipinski definition) is 5. The van der Waals surface area contributed by atoms with Gasteiger partial charge in [-0.2, -0.15) is 8.78 Å². The SMILES string of the molecule is CC(C(=O)NC(=O)NC1CC1)N1CCN(Cc2nccn2C(F)F)CC1. The molecular formula is C16H24F2N6O2. The fraction of sp³-hybridized carbons (Fsp3) is 0.688. The van der Waals surface area contributed by atoms with E-state index in [1.807, 2.05) is 9.80 Å². The van der Waals surface area contributed by atoms with Crippen LogP contribution in [0.3, 0.4) is 0 Å². The van der Waals surface area contributed by atoms with Crippen molar-refractivity contribution in [1.29, 1.82) is 0 Å². The Kier molecular flexibility index (Phi) is 5.82. The zero-order valence-electron chi connectivity index (χ0n) is 14.7. The van der Waals surface area contributed by atoms with Crippen LogP contribution in [0.15, 0.2) is 12.4 Å². The Morgan fingerprint density at radius 2 is 1.96 bits per heavy atom. The van der Waals surface area contributed by atoms with Crippen LogP contribution in [-0.4, -0.2) is 69.6 Å². The number of amides is 3. The number of halogens is 2. The first-order chi connectivity index (χ1) is 12.4. The number of aromatic nitrogens is 2. The quantitative estimate of drug-likeness (QED) is 0.773. The molecule has 3 rings (SSSR count). The highest BCUT2D eigenvalue weighted by Crippen LogP contribution is 2.18. The topological polar surface area (TPSA) is 82.5 Å². The van der Waals surface area contributed by atoms with Crippen LogP contribution < -0.4 is 10.6 Å². The number of imide groups is 1. The van der Waals surface area contributed by atoms with E-state index in [0.29, 0.717) is 38.5 Å². The van der Waals surface area contributed by atoms with Gasteiger partial charge in [-0.25, -0.2) is 9.78 Å². The molecule has 1 saturated heterocycles. The Labute approximate surface area is 150 Å². The third-order valence-electron chi connectivity index (χ3n) is 4.81. The Morgan fingerprint density at radius 1 is 1.27 bits per heavy atom. The van der Waals surface area contributed by atoms with Gasteiger partial charge >= 0.3 is 12.6 Å². The van der Waals surface area contributed by atoms with Crippen molar-refractivity contribution < 1.29 is 18.4 Å². The first kappa shape index (κ1) is 18.7. The first-order valence-electron chi connectivity index (χ1n) is 8.81. The second-order valence-electron chi connectivity index (χ2n) is 6.75. The summed E-state index contributed by atoms with van der Waals surface area (Å²) in [7, 11) is 0. The molecule has 0 aromatic carbocycles. The molecule has 1 aliphatic carbocycles. The van der Waals surface area contributed by atoms with Gasteiger partial charge in [-0.15, -0.1) is 0 Å². The van der Waals surface area contributed by atoms with E-state index in [9.17, 15) is 18.4 Å². The minimum absolute atomic E-state index is 0.197. The highest BCUT2D eigenvalue weighted by Gasteiger charge is 2.29. The van der Waals surface area contributed by atoms with E-state index in [1.54, 1.807) is 6.92 Å². The van der Waals surface area contributed by atoms with Crippen LogP contribution >= 0.6 is 0 Å².